The molecule has 0 aromatic heterocycles. The normalized spacial score (nSPS) is 11.7. The van der Waals surface area contributed by atoms with Crippen LogP contribution in [0.1, 0.15) is 6.92 Å². The van der Waals surface area contributed by atoms with Crippen LogP contribution in [0.2, 0.25) is 0 Å². The van der Waals surface area contributed by atoms with Gasteiger partial charge in [0.1, 0.15) is 11.5 Å². The fraction of sp³-hybridized carbons (Fsp3) is 0.133. The number of para-hydroxylation sites is 2. The van der Waals surface area contributed by atoms with Gasteiger partial charge in [-0.25, -0.2) is 0 Å². The van der Waals surface area contributed by atoms with Crippen molar-refractivity contribution in [3.05, 3.63) is 53.0 Å². The zero-order valence-corrected chi connectivity index (χ0v) is 12.4. The van der Waals surface area contributed by atoms with E-state index in [-0.39, 0.29) is 11.7 Å². The van der Waals surface area contributed by atoms with Gasteiger partial charge < -0.3 is 15.2 Å². The van der Waals surface area contributed by atoms with E-state index < -0.39 is 6.10 Å². The Balaban J connectivity index is 1.99. The van der Waals surface area contributed by atoms with Crippen LogP contribution in [0.15, 0.2) is 53.0 Å². The van der Waals surface area contributed by atoms with Crippen LogP contribution in [0.5, 0.6) is 11.5 Å². The number of aromatic hydroxyl groups is 1. The van der Waals surface area contributed by atoms with Crippen molar-refractivity contribution >= 4 is 27.5 Å². The Morgan fingerprint density at radius 1 is 1.20 bits per heavy atom. The van der Waals surface area contributed by atoms with Crippen LogP contribution >= 0.6 is 15.9 Å². The first-order chi connectivity index (χ1) is 9.56. The molecule has 0 aliphatic carbocycles. The van der Waals surface area contributed by atoms with Gasteiger partial charge in [0.05, 0.1) is 5.69 Å². The van der Waals surface area contributed by atoms with Crippen LogP contribution in [-0.2, 0) is 4.79 Å². The summed E-state index contributed by atoms with van der Waals surface area (Å²) in [5.74, 6) is 0.305. The zero-order chi connectivity index (χ0) is 14.5. The van der Waals surface area contributed by atoms with Crippen LogP contribution in [0, 0.1) is 0 Å². The first-order valence-electron chi connectivity index (χ1n) is 6.07. The highest BCUT2D eigenvalue weighted by molar-refractivity contribution is 9.10. The Morgan fingerprint density at radius 3 is 2.50 bits per heavy atom. The maximum atomic E-state index is 12.0. The van der Waals surface area contributed by atoms with Gasteiger partial charge in [0.25, 0.3) is 5.91 Å². The molecule has 104 valence electrons. The van der Waals surface area contributed by atoms with E-state index in [9.17, 15) is 9.90 Å². The van der Waals surface area contributed by atoms with E-state index in [1.165, 1.54) is 6.07 Å². The third kappa shape index (κ3) is 3.74. The number of carbonyl (C=O) groups excluding carboxylic acids is 1. The molecule has 1 amide bonds. The summed E-state index contributed by atoms with van der Waals surface area (Å²) in [6.45, 7) is 1.65. The van der Waals surface area contributed by atoms with E-state index in [2.05, 4.69) is 21.2 Å². The molecule has 0 saturated carbocycles. The van der Waals surface area contributed by atoms with E-state index in [0.29, 0.717) is 11.4 Å². The second kappa shape index (κ2) is 6.43. The zero-order valence-electron chi connectivity index (χ0n) is 10.8. The van der Waals surface area contributed by atoms with Gasteiger partial charge in [0.15, 0.2) is 6.10 Å². The average Bonchev–Trinajstić information content (AvgIpc) is 2.44. The highest BCUT2D eigenvalue weighted by atomic mass is 79.9. The highest BCUT2D eigenvalue weighted by Crippen LogP contribution is 2.22. The van der Waals surface area contributed by atoms with Crippen molar-refractivity contribution in [3.8, 4) is 11.5 Å². The number of phenols is 1. The number of hydrogen-bond acceptors (Lipinski definition) is 3. The predicted octanol–water partition coefficient (Wildman–Crippen LogP) is 3.56. The Morgan fingerprint density at radius 2 is 1.85 bits per heavy atom. The molecule has 0 radical (unpaired) electrons. The van der Waals surface area contributed by atoms with Crippen molar-refractivity contribution in [1.82, 2.24) is 0 Å². The summed E-state index contributed by atoms with van der Waals surface area (Å²) in [6.07, 6.45) is -0.671. The molecule has 2 N–H and O–H groups in total. The maximum absolute atomic E-state index is 12.0. The third-order valence-corrected chi connectivity index (χ3v) is 3.19. The van der Waals surface area contributed by atoms with E-state index >= 15 is 0 Å². The molecule has 4 nitrogen and oxygen atoms in total. The summed E-state index contributed by atoms with van der Waals surface area (Å²) >= 11 is 3.33. The summed E-state index contributed by atoms with van der Waals surface area (Å²) in [6, 6.07) is 13.8. The number of phenolic OH excluding ortho intramolecular Hbond substituents is 1. The van der Waals surface area contributed by atoms with Crippen molar-refractivity contribution in [3.63, 3.8) is 0 Å². The van der Waals surface area contributed by atoms with Gasteiger partial charge in [-0.05, 0) is 43.3 Å². The van der Waals surface area contributed by atoms with Gasteiger partial charge in [0.2, 0.25) is 0 Å². The Kier molecular flexibility index (Phi) is 4.63. The molecule has 2 rings (SSSR count). The minimum atomic E-state index is -0.671. The standard InChI is InChI=1S/C15H14BrNO3/c1-10(20-12-8-6-11(16)7-9-12)15(19)17-13-4-2-3-5-14(13)18/h2-10,18H,1H3,(H,17,19)/t10-/m1/s1. The molecule has 0 saturated heterocycles. The van der Waals surface area contributed by atoms with E-state index in [1.54, 1.807) is 37.3 Å². The second-order valence-electron chi connectivity index (χ2n) is 4.22. The molecular formula is C15H14BrNO3. The predicted molar refractivity (Wildman–Crippen MR) is 81.0 cm³/mol. The summed E-state index contributed by atoms with van der Waals surface area (Å²) in [5.41, 5.74) is 0.365. The molecule has 0 unspecified atom stereocenters. The summed E-state index contributed by atoms with van der Waals surface area (Å²) in [5, 5.41) is 12.2. The van der Waals surface area contributed by atoms with Crippen molar-refractivity contribution in [2.45, 2.75) is 13.0 Å². The van der Waals surface area contributed by atoms with Crippen LogP contribution in [0.4, 0.5) is 5.69 Å². The molecule has 20 heavy (non-hydrogen) atoms. The Hall–Kier alpha value is -2.01. The van der Waals surface area contributed by atoms with Crippen molar-refractivity contribution < 1.29 is 14.6 Å². The summed E-state index contributed by atoms with van der Waals surface area (Å²) < 4.78 is 6.47. The number of carbonyl (C=O) groups is 1. The fourth-order valence-electron chi connectivity index (χ4n) is 1.58. The van der Waals surface area contributed by atoms with Crippen molar-refractivity contribution in [1.29, 1.82) is 0 Å². The Labute approximate surface area is 125 Å². The number of anilines is 1. The van der Waals surface area contributed by atoms with Crippen LogP contribution in [0.3, 0.4) is 0 Å². The lowest BCUT2D eigenvalue weighted by Gasteiger charge is -2.15. The number of benzene rings is 2. The highest BCUT2D eigenvalue weighted by Gasteiger charge is 2.16. The average molecular weight is 336 g/mol. The number of amides is 1. The monoisotopic (exact) mass is 335 g/mol. The molecule has 5 heteroatoms. The number of halogens is 1. The minimum Gasteiger partial charge on any atom is -0.506 e. The van der Waals surface area contributed by atoms with Crippen molar-refractivity contribution in [2.24, 2.45) is 0 Å². The van der Waals surface area contributed by atoms with Crippen molar-refractivity contribution in [2.75, 3.05) is 5.32 Å². The lowest BCUT2D eigenvalue weighted by atomic mass is 10.2. The minimum absolute atomic E-state index is 0.0247. The fourth-order valence-corrected chi connectivity index (χ4v) is 1.85. The van der Waals surface area contributed by atoms with Gasteiger partial charge >= 0.3 is 0 Å². The summed E-state index contributed by atoms with van der Waals surface area (Å²) in [7, 11) is 0. The molecule has 0 heterocycles. The van der Waals surface area contributed by atoms with Gasteiger partial charge in [-0.2, -0.15) is 0 Å². The lowest BCUT2D eigenvalue weighted by molar-refractivity contribution is -0.122. The molecule has 0 spiro atoms. The van der Waals surface area contributed by atoms with Crippen LogP contribution < -0.4 is 10.1 Å². The molecule has 0 bridgehead atoms. The quantitative estimate of drug-likeness (QED) is 0.840. The Bertz CT molecular complexity index is 598. The number of rotatable bonds is 4. The molecule has 0 fully saturated rings. The topological polar surface area (TPSA) is 58.6 Å². The SMILES string of the molecule is C[C@@H](Oc1ccc(Br)cc1)C(=O)Nc1ccccc1O. The van der Waals surface area contributed by atoms with E-state index in [4.69, 9.17) is 4.74 Å². The van der Waals surface area contributed by atoms with Gasteiger partial charge in [-0.15, -0.1) is 0 Å². The molecule has 2 aromatic rings. The third-order valence-electron chi connectivity index (χ3n) is 2.66. The van der Waals surface area contributed by atoms with Gasteiger partial charge in [0, 0.05) is 4.47 Å². The molecule has 0 aliphatic rings. The second-order valence-corrected chi connectivity index (χ2v) is 5.14. The van der Waals surface area contributed by atoms with E-state index in [1.807, 2.05) is 12.1 Å². The van der Waals surface area contributed by atoms with Gasteiger partial charge in [-0.1, -0.05) is 28.1 Å². The van der Waals surface area contributed by atoms with Crippen LogP contribution in [0.25, 0.3) is 0 Å². The number of ether oxygens (including phenoxy) is 1. The molecular weight excluding hydrogens is 322 g/mol. The first kappa shape index (κ1) is 14.4. The number of hydrogen-bond donors (Lipinski definition) is 2. The van der Waals surface area contributed by atoms with Gasteiger partial charge in [-0.3, -0.25) is 4.79 Å². The smallest absolute Gasteiger partial charge is 0.265 e. The largest absolute Gasteiger partial charge is 0.506 e. The molecule has 0 aliphatic heterocycles. The summed E-state index contributed by atoms with van der Waals surface area (Å²) in [4.78, 5) is 12.0. The maximum Gasteiger partial charge on any atom is 0.265 e. The van der Waals surface area contributed by atoms with E-state index in [0.717, 1.165) is 4.47 Å². The lowest BCUT2D eigenvalue weighted by Crippen LogP contribution is -2.30. The van der Waals surface area contributed by atoms with Crippen LogP contribution in [-0.4, -0.2) is 17.1 Å². The number of nitrogens with one attached hydrogen (secondary N) is 1. The molecule has 1 atom stereocenters. The first-order valence-corrected chi connectivity index (χ1v) is 6.86. The molecule has 2 aromatic carbocycles.